The Bertz CT molecular complexity index is 1170. The van der Waals surface area contributed by atoms with E-state index in [1.54, 1.807) is 24.5 Å². The molecule has 0 aromatic carbocycles. The Labute approximate surface area is 213 Å². The number of rotatable bonds is 6. The third-order valence-corrected chi connectivity index (χ3v) is 7.52. The summed E-state index contributed by atoms with van der Waals surface area (Å²) in [5.41, 5.74) is 3.70. The van der Waals surface area contributed by atoms with Gasteiger partial charge in [-0.05, 0) is 50.3 Å². The van der Waals surface area contributed by atoms with Crippen LogP contribution in [0.4, 0.5) is 5.82 Å². The van der Waals surface area contributed by atoms with Gasteiger partial charge in [0, 0.05) is 43.7 Å². The van der Waals surface area contributed by atoms with Crippen molar-refractivity contribution in [2.45, 2.75) is 71.1 Å². The fourth-order valence-corrected chi connectivity index (χ4v) is 5.36. The summed E-state index contributed by atoms with van der Waals surface area (Å²) in [7, 11) is 0. The highest BCUT2D eigenvalue weighted by atomic mass is 16.5. The fourth-order valence-electron chi connectivity index (χ4n) is 5.36. The molecule has 36 heavy (non-hydrogen) atoms. The van der Waals surface area contributed by atoms with Crippen molar-refractivity contribution in [3.05, 3.63) is 46.9 Å². The second-order valence-corrected chi connectivity index (χ2v) is 11.1. The van der Waals surface area contributed by atoms with Crippen LogP contribution < -0.4 is 9.64 Å². The minimum Gasteiger partial charge on any atom is -0.482 e. The van der Waals surface area contributed by atoms with E-state index in [4.69, 9.17) is 14.5 Å². The van der Waals surface area contributed by atoms with E-state index in [2.05, 4.69) is 43.6 Å². The largest absolute Gasteiger partial charge is 0.482 e. The average Bonchev–Trinajstić information content (AvgIpc) is 3.71. The lowest BCUT2D eigenvalue weighted by atomic mass is 9.87. The van der Waals surface area contributed by atoms with Crippen LogP contribution in [0.15, 0.2) is 24.5 Å². The van der Waals surface area contributed by atoms with Gasteiger partial charge in [0.2, 0.25) is 0 Å². The zero-order valence-corrected chi connectivity index (χ0v) is 21.7. The zero-order chi connectivity index (χ0) is 25.4. The lowest BCUT2D eigenvalue weighted by Gasteiger charge is -2.44. The number of nitrogens with zero attached hydrogens (tertiary/aromatic N) is 5. The minimum atomic E-state index is -0.308. The Kier molecular flexibility index (Phi) is 6.60. The molecule has 0 bridgehead atoms. The third kappa shape index (κ3) is 4.90. The number of hydrogen-bond donors (Lipinski definition) is 0. The molecule has 1 aliphatic carbocycles. The minimum absolute atomic E-state index is 0.00253. The maximum Gasteiger partial charge on any atom is 0.260 e. The van der Waals surface area contributed by atoms with Gasteiger partial charge < -0.3 is 19.3 Å². The van der Waals surface area contributed by atoms with E-state index < -0.39 is 0 Å². The Morgan fingerprint density at radius 2 is 2.11 bits per heavy atom. The Balaban J connectivity index is 1.40. The number of amides is 1. The zero-order valence-electron chi connectivity index (χ0n) is 21.7. The van der Waals surface area contributed by atoms with E-state index >= 15 is 0 Å². The molecule has 8 nitrogen and oxygen atoms in total. The molecule has 1 saturated carbocycles. The monoisotopic (exact) mass is 489 g/mol. The van der Waals surface area contributed by atoms with Gasteiger partial charge in [-0.2, -0.15) is 5.26 Å². The van der Waals surface area contributed by atoms with Crippen LogP contribution in [0.3, 0.4) is 0 Å². The Morgan fingerprint density at radius 3 is 2.78 bits per heavy atom. The molecular formula is C28H35N5O3. The molecule has 1 amide bonds. The van der Waals surface area contributed by atoms with Crippen LogP contribution in [0.2, 0.25) is 0 Å². The third-order valence-electron chi connectivity index (χ3n) is 7.52. The van der Waals surface area contributed by atoms with Gasteiger partial charge in [-0.3, -0.25) is 9.78 Å². The standard InChI is InChI=1S/C28H35N5O3/c1-18(2)24-15-32(10-11-33(24)25(34)17-35-20-6-5-9-30-14-20)27-22(13-29)21-12-28(3,4)36-16-23(21)26(31-27)19-7-8-19/h5-6,9,14,18-19,24H,7-8,10-12,15-17H2,1-4H3. The van der Waals surface area contributed by atoms with Crippen LogP contribution >= 0.6 is 0 Å². The highest BCUT2D eigenvalue weighted by Gasteiger charge is 2.39. The number of hydrogen-bond acceptors (Lipinski definition) is 7. The summed E-state index contributed by atoms with van der Waals surface area (Å²) in [6.07, 6.45) is 6.28. The number of carbonyl (C=O) groups is 1. The molecule has 2 aromatic rings. The lowest BCUT2D eigenvalue weighted by molar-refractivity contribution is -0.137. The van der Waals surface area contributed by atoms with Gasteiger partial charge in [0.05, 0.1) is 35.7 Å². The van der Waals surface area contributed by atoms with Gasteiger partial charge in [0.1, 0.15) is 17.6 Å². The molecule has 2 fully saturated rings. The molecule has 2 aliphatic heterocycles. The first-order valence-electron chi connectivity index (χ1n) is 12.9. The van der Waals surface area contributed by atoms with Gasteiger partial charge >= 0.3 is 0 Å². The van der Waals surface area contributed by atoms with E-state index in [-0.39, 0.29) is 30.1 Å². The quantitative estimate of drug-likeness (QED) is 0.609. The number of ether oxygens (including phenoxy) is 2. The van der Waals surface area contributed by atoms with Crippen molar-refractivity contribution in [1.29, 1.82) is 5.26 Å². The molecule has 3 aliphatic rings. The molecule has 0 spiro atoms. The summed E-state index contributed by atoms with van der Waals surface area (Å²) in [4.78, 5) is 26.5. The first-order chi connectivity index (χ1) is 17.3. The predicted octanol–water partition coefficient (Wildman–Crippen LogP) is 3.83. The molecule has 190 valence electrons. The van der Waals surface area contributed by atoms with Crippen LogP contribution in [0.5, 0.6) is 5.75 Å². The summed E-state index contributed by atoms with van der Waals surface area (Å²) < 4.78 is 11.8. The molecule has 0 N–H and O–H groups in total. The smallest absolute Gasteiger partial charge is 0.260 e. The van der Waals surface area contributed by atoms with E-state index in [1.165, 1.54) is 0 Å². The molecule has 5 rings (SSSR count). The van der Waals surface area contributed by atoms with E-state index in [0.717, 1.165) is 35.5 Å². The van der Waals surface area contributed by atoms with E-state index in [1.807, 2.05) is 4.90 Å². The maximum absolute atomic E-state index is 13.1. The van der Waals surface area contributed by atoms with Crippen LogP contribution in [0.1, 0.15) is 68.8 Å². The van der Waals surface area contributed by atoms with Gasteiger partial charge in [-0.15, -0.1) is 0 Å². The van der Waals surface area contributed by atoms with Crippen molar-refractivity contribution in [2.24, 2.45) is 5.92 Å². The number of carbonyl (C=O) groups excluding carboxylic acids is 1. The normalized spacial score (nSPS) is 21.2. The van der Waals surface area contributed by atoms with Gasteiger partial charge in [0.25, 0.3) is 5.91 Å². The molecular weight excluding hydrogens is 454 g/mol. The van der Waals surface area contributed by atoms with E-state index in [0.29, 0.717) is 49.9 Å². The number of anilines is 1. The number of pyridine rings is 2. The van der Waals surface area contributed by atoms with Crippen molar-refractivity contribution in [3.63, 3.8) is 0 Å². The van der Waals surface area contributed by atoms with Crippen molar-refractivity contribution in [2.75, 3.05) is 31.1 Å². The van der Waals surface area contributed by atoms with Crippen molar-refractivity contribution < 1.29 is 14.3 Å². The number of nitriles is 1. The summed E-state index contributed by atoms with van der Waals surface area (Å²) in [5, 5.41) is 10.3. The highest BCUT2D eigenvalue weighted by Crippen LogP contribution is 2.46. The number of piperazine rings is 1. The second kappa shape index (κ2) is 9.70. The SMILES string of the molecule is CC(C)C1CN(c2nc(C3CC3)c3c(c2C#N)CC(C)(C)OC3)CCN1C(=O)COc1cccnc1. The topological polar surface area (TPSA) is 91.6 Å². The molecule has 4 heterocycles. The van der Waals surface area contributed by atoms with Gasteiger partial charge in [-0.25, -0.2) is 4.98 Å². The molecule has 1 atom stereocenters. The highest BCUT2D eigenvalue weighted by molar-refractivity contribution is 5.78. The first-order valence-corrected chi connectivity index (χ1v) is 12.9. The van der Waals surface area contributed by atoms with Crippen LogP contribution in [0.25, 0.3) is 0 Å². The summed E-state index contributed by atoms with van der Waals surface area (Å²) in [6, 6.07) is 6.08. The fraction of sp³-hybridized carbons (Fsp3) is 0.571. The van der Waals surface area contributed by atoms with Crippen molar-refractivity contribution >= 4 is 11.7 Å². The Hall–Kier alpha value is -3.18. The number of aromatic nitrogens is 2. The Morgan fingerprint density at radius 1 is 1.31 bits per heavy atom. The van der Waals surface area contributed by atoms with Gasteiger partial charge in [0.15, 0.2) is 6.61 Å². The maximum atomic E-state index is 13.1. The predicted molar refractivity (Wildman–Crippen MR) is 136 cm³/mol. The van der Waals surface area contributed by atoms with Crippen molar-refractivity contribution in [3.8, 4) is 11.8 Å². The average molecular weight is 490 g/mol. The van der Waals surface area contributed by atoms with Crippen molar-refractivity contribution in [1.82, 2.24) is 14.9 Å². The van der Waals surface area contributed by atoms with Crippen LogP contribution in [0, 0.1) is 17.2 Å². The lowest BCUT2D eigenvalue weighted by Crippen LogP contribution is -2.58. The van der Waals surface area contributed by atoms with Crippen LogP contribution in [-0.2, 0) is 22.6 Å². The first kappa shape index (κ1) is 24.5. The summed E-state index contributed by atoms with van der Waals surface area (Å²) in [5.74, 6) is 2.04. The molecule has 1 unspecified atom stereocenters. The molecule has 1 saturated heterocycles. The number of fused-ring (bicyclic) bond motifs is 1. The molecule has 2 aromatic heterocycles. The summed E-state index contributed by atoms with van der Waals surface area (Å²) >= 11 is 0. The molecule has 0 radical (unpaired) electrons. The van der Waals surface area contributed by atoms with Crippen LogP contribution in [-0.4, -0.2) is 58.7 Å². The summed E-state index contributed by atoms with van der Waals surface area (Å²) in [6.45, 7) is 10.8. The van der Waals surface area contributed by atoms with E-state index in [9.17, 15) is 10.1 Å². The van der Waals surface area contributed by atoms with Gasteiger partial charge in [-0.1, -0.05) is 13.8 Å². The second-order valence-electron chi connectivity index (χ2n) is 11.1. The molecule has 8 heteroatoms.